The summed E-state index contributed by atoms with van der Waals surface area (Å²) in [5, 5.41) is 12.3. The van der Waals surface area contributed by atoms with Crippen molar-refractivity contribution in [1.29, 1.82) is 5.26 Å². The number of aromatic nitrogens is 1. The molecule has 0 bridgehead atoms. The van der Waals surface area contributed by atoms with E-state index in [0.717, 1.165) is 30.3 Å². The van der Waals surface area contributed by atoms with Gasteiger partial charge in [0.05, 0.1) is 11.1 Å². The molecule has 1 N–H and O–H groups in total. The molecule has 1 saturated heterocycles. The molecule has 2 aromatic heterocycles. The number of nitriles is 1. The maximum absolute atomic E-state index is 12.0. The van der Waals surface area contributed by atoms with Crippen LogP contribution in [0.4, 0.5) is 0 Å². The highest BCUT2D eigenvalue weighted by molar-refractivity contribution is 5.81. The SMILES string of the molecule is N#Cc1c(COc2ccc(OC3CCCCNC3=O)cc2)cn2ccccc12. The zero-order valence-corrected chi connectivity index (χ0v) is 15.4. The molecule has 4 rings (SSSR count). The van der Waals surface area contributed by atoms with Crippen LogP contribution in [0.3, 0.4) is 0 Å². The Bertz CT molecular complexity index is 1020. The van der Waals surface area contributed by atoms with E-state index >= 15 is 0 Å². The monoisotopic (exact) mass is 375 g/mol. The average Bonchev–Trinajstić information content (AvgIpc) is 2.96. The summed E-state index contributed by atoms with van der Waals surface area (Å²) < 4.78 is 13.6. The summed E-state index contributed by atoms with van der Waals surface area (Å²) in [6.45, 7) is 1.01. The lowest BCUT2D eigenvalue weighted by Crippen LogP contribution is -2.36. The van der Waals surface area contributed by atoms with Crippen LogP contribution in [0.5, 0.6) is 11.5 Å². The molecule has 1 aliphatic heterocycles. The van der Waals surface area contributed by atoms with Crippen LogP contribution in [0, 0.1) is 11.3 Å². The Morgan fingerprint density at radius 1 is 1.14 bits per heavy atom. The molecule has 142 valence electrons. The number of hydrogen-bond acceptors (Lipinski definition) is 4. The van der Waals surface area contributed by atoms with E-state index in [1.807, 2.05) is 47.1 Å². The largest absolute Gasteiger partial charge is 0.489 e. The number of nitrogens with one attached hydrogen (secondary N) is 1. The smallest absolute Gasteiger partial charge is 0.261 e. The fraction of sp³-hybridized carbons (Fsp3) is 0.273. The molecule has 3 aromatic rings. The van der Waals surface area contributed by atoms with Gasteiger partial charge in [-0.3, -0.25) is 4.79 Å². The second kappa shape index (κ2) is 8.05. The lowest BCUT2D eigenvalue weighted by molar-refractivity contribution is -0.127. The average molecular weight is 375 g/mol. The summed E-state index contributed by atoms with van der Waals surface area (Å²) >= 11 is 0. The van der Waals surface area contributed by atoms with Gasteiger partial charge in [0.2, 0.25) is 0 Å². The molecule has 0 saturated carbocycles. The van der Waals surface area contributed by atoms with Crippen molar-refractivity contribution in [2.45, 2.75) is 32.0 Å². The van der Waals surface area contributed by atoms with Crippen molar-refractivity contribution in [3.63, 3.8) is 0 Å². The quantitative estimate of drug-likeness (QED) is 0.741. The second-order valence-electron chi connectivity index (χ2n) is 6.79. The number of carbonyl (C=O) groups excluding carboxylic acids is 1. The van der Waals surface area contributed by atoms with Gasteiger partial charge in [-0.1, -0.05) is 6.07 Å². The van der Waals surface area contributed by atoms with Crippen LogP contribution in [-0.4, -0.2) is 23.0 Å². The topological polar surface area (TPSA) is 75.8 Å². The first-order valence-electron chi connectivity index (χ1n) is 9.40. The van der Waals surface area contributed by atoms with Crippen LogP contribution in [-0.2, 0) is 11.4 Å². The van der Waals surface area contributed by atoms with Crippen LogP contribution >= 0.6 is 0 Å². The molecule has 0 aliphatic carbocycles. The van der Waals surface area contributed by atoms with Gasteiger partial charge < -0.3 is 19.2 Å². The maximum atomic E-state index is 12.0. The summed E-state index contributed by atoms with van der Waals surface area (Å²) in [7, 11) is 0. The van der Waals surface area contributed by atoms with Crippen molar-refractivity contribution in [3.05, 3.63) is 66.0 Å². The van der Waals surface area contributed by atoms with Crippen molar-refractivity contribution < 1.29 is 14.3 Å². The van der Waals surface area contributed by atoms with Crippen molar-refractivity contribution in [1.82, 2.24) is 9.72 Å². The van der Waals surface area contributed by atoms with E-state index in [4.69, 9.17) is 9.47 Å². The number of hydrogen-bond donors (Lipinski definition) is 1. The Morgan fingerprint density at radius 3 is 2.79 bits per heavy atom. The first-order valence-corrected chi connectivity index (χ1v) is 9.40. The Labute approximate surface area is 163 Å². The van der Waals surface area contributed by atoms with Gasteiger partial charge in [0, 0.05) is 24.5 Å². The van der Waals surface area contributed by atoms with Crippen molar-refractivity contribution in [2.75, 3.05) is 6.54 Å². The predicted molar refractivity (Wildman–Crippen MR) is 104 cm³/mol. The minimum atomic E-state index is -0.443. The van der Waals surface area contributed by atoms with Crippen LogP contribution in [0.25, 0.3) is 5.52 Å². The number of ether oxygens (including phenoxy) is 2. The van der Waals surface area contributed by atoms with Crippen LogP contribution in [0.1, 0.15) is 30.4 Å². The molecular weight excluding hydrogens is 354 g/mol. The third kappa shape index (κ3) is 3.79. The summed E-state index contributed by atoms with van der Waals surface area (Å²) in [6.07, 6.45) is 6.06. The summed E-state index contributed by atoms with van der Waals surface area (Å²) in [4.78, 5) is 12.0. The molecule has 0 radical (unpaired) electrons. The third-order valence-corrected chi connectivity index (χ3v) is 4.86. The number of amides is 1. The van der Waals surface area contributed by atoms with Crippen molar-refractivity contribution in [3.8, 4) is 17.6 Å². The van der Waals surface area contributed by atoms with E-state index in [1.54, 1.807) is 12.1 Å². The Morgan fingerprint density at radius 2 is 1.96 bits per heavy atom. The lowest BCUT2D eigenvalue weighted by Gasteiger charge is -2.16. The first-order chi connectivity index (χ1) is 13.7. The van der Waals surface area contributed by atoms with Gasteiger partial charge >= 0.3 is 0 Å². The molecule has 1 amide bonds. The predicted octanol–water partition coefficient (Wildman–Crippen LogP) is 3.44. The van der Waals surface area contributed by atoms with E-state index in [1.165, 1.54) is 0 Å². The van der Waals surface area contributed by atoms with Gasteiger partial charge in [-0.05, 0) is 55.7 Å². The Kier molecular flexibility index (Phi) is 5.16. The van der Waals surface area contributed by atoms with Gasteiger partial charge in [-0.2, -0.15) is 5.26 Å². The Balaban J connectivity index is 1.41. The molecular formula is C22H21N3O3. The summed E-state index contributed by atoms with van der Waals surface area (Å²) in [6, 6.07) is 15.2. The lowest BCUT2D eigenvalue weighted by atomic mass is 10.2. The standard InChI is InChI=1S/C22H21N3O3/c23-13-19-16(14-25-12-4-2-5-20(19)25)15-27-17-7-9-18(10-8-17)28-21-6-1-3-11-24-22(21)26/h2,4-5,7-10,12,14,21H,1,3,6,11,15H2,(H,24,26). The normalized spacial score (nSPS) is 16.8. The molecule has 1 atom stereocenters. The molecule has 1 aromatic carbocycles. The van der Waals surface area contributed by atoms with Crippen molar-refractivity contribution in [2.24, 2.45) is 0 Å². The van der Waals surface area contributed by atoms with Crippen molar-refractivity contribution >= 4 is 11.4 Å². The second-order valence-corrected chi connectivity index (χ2v) is 6.79. The summed E-state index contributed by atoms with van der Waals surface area (Å²) in [5.74, 6) is 1.26. The highest BCUT2D eigenvalue weighted by Crippen LogP contribution is 2.23. The molecule has 6 nitrogen and oxygen atoms in total. The molecule has 28 heavy (non-hydrogen) atoms. The number of rotatable bonds is 5. The van der Waals surface area contributed by atoms with Gasteiger partial charge in [0.15, 0.2) is 6.10 Å². The minimum Gasteiger partial charge on any atom is -0.489 e. The third-order valence-electron chi connectivity index (χ3n) is 4.86. The van der Waals surface area contributed by atoms with Crippen LogP contribution in [0.15, 0.2) is 54.9 Å². The fourth-order valence-corrected chi connectivity index (χ4v) is 3.38. The van der Waals surface area contributed by atoms with E-state index in [0.29, 0.717) is 30.2 Å². The van der Waals surface area contributed by atoms with E-state index < -0.39 is 6.10 Å². The number of fused-ring (bicyclic) bond motifs is 1. The van der Waals surface area contributed by atoms with Crippen LogP contribution < -0.4 is 14.8 Å². The maximum Gasteiger partial charge on any atom is 0.261 e. The van der Waals surface area contributed by atoms with Gasteiger partial charge in [0.25, 0.3) is 5.91 Å². The Hall–Kier alpha value is -3.46. The van der Waals surface area contributed by atoms with Gasteiger partial charge in [0.1, 0.15) is 24.2 Å². The van der Waals surface area contributed by atoms with Gasteiger partial charge in [-0.15, -0.1) is 0 Å². The summed E-state index contributed by atoms with van der Waals surface area (Å²) in [5.41, 5.74) is 2.33. The van der Waals surface area contributed by atoms with E-state index in [2.05, 4.69) is 11.4 Å². The molecule has 1 unspecified atom stereocenters. The number of pyridine rings is 1. The van der Waals surface area contributed by atoms with E-state index in [-0.39, 0.29) is 5.91 Å². The molecule has 1 aliphatic rings. The zero-order valence-electron chi connectivity index (χ0n) is 15.4. The van der Waals surface area contributed by atoms with E-state index in [9.17, 15) is 10.1 Å². The zero-order chi connectivity index (χ0) is 19.3. The van der Waals surface area contributed by atoms with Gasteiger partial charge in [-0.25, -0.2) is 0 Å². The minimum absolute atomic E-state index is 0.0531. The molecule has 1 fully saturated rings. The molecule has 0 spiro atoms. The number of benzene rings is 1. The first kappa shape index (κ1) is 17.9. The highest BCUT2D eigenvalue weighted by Gasteiger charge is 2.22. The fourth-order valence-electron chi connectivity index (χ4n) is 3.38. The molecule has 3 heterocycles. The number of nitrogens with zero attached hydrogens (tertiary/aromatic N) is 2. The molecule has 6 heteroatoms. The van der Waals surface area contributed by atoms with Crippen LogP contribution in [0.2, 0.25) is 0 Å². The number of carbonyl (C=O) groups is 1. The highest BCUT2D eigenvalue weighted by atomic mass is 16.5.